The Balaban J connectivity index is 1.87. The molecule has 2 heterocycles. The fourth-order valence-electron chi connectivity index (χ4n) is 2.21. The Hall–Kier alpha value is -1.28. The summed E-state index contributed by atoms with van der Waals surface area (Å²) >= 11 is 1.87. The van der Waals surface area contributed by atoms with Gasteiger partial charge in [-0.15, -0.1) is 11.3 Å². The highest BCUT2D eigenvalue weighted by molar-refractivity contribution is 7.14. The van der Waals surface area contributed by atoms with Crippen molar-refractivity contribution in [3.63, 3.8) is 0 Å². The van der Waals surface area contributed by atoms with Crippen LogP contribution in [0.5, 0.6) is 0 Å². The molecule has 0 spiro atoms. The molecule has 1 aromatic heterocycles. The Bertz CT molecular complexity index is 455. The lowest BCUT2D eigenvalue weighted by Crippen LogP contribution is -2.15. The number of benzene rings is 1. The number of hydrogen-bond donors (Lipinski definition) is 0. The predicted octanol–water partition coefficient (Wildman–Crippen LogP) is 4.02. The summed E-state index contributed by atoms with van der Waals surface area (Å²) in [6.45, 7) is 2.46. The Morgan fingerprint density at radius 1 is 0.938 bits per heavy atom. The normalized spacial score (nSPS) is 15.6. The zero-order valence-electron chi connectivity index (χ0n) is 9.23. The van der Waals surface area contributed by atoms with Crippen molar-refractivity contribution in [3.05, 3.63) is 41.8 Å². The Morgan fingerprint density at radius 2 is 1.69 bits per heavy atom. The fourth-order valence-corrected chi connectivity index (χ4v) is 3.19. The van der Waals surface area contributed by atoms with Crippen molar-refractivity contribution in [1.29, 1.82) is 0 Å². The van der Waals surface area contributed by atoms with E-state index in [2.05, 4.69) is 46.7 Å². The van der Waals surface area contributed by atoms with Gasteiger partial charge in [-0.1, -0.05) is 30.3 Å². The number of hydrogen-bond acceptors (Lipinski definition) is 2. The van der Waals surface area contributed by atoms with Crippen molar-refractivity contribution in [3.8, 4) is 11.1 Å². The van der Waals surface area contributed by atoms with Crippen LogP contribution >= 0.6 is 11.3 Å². The van der Waals surface area contributed by atoms with Crippen molar-refractivity contribution in [2.75, 3.05) is 18.0 Å². The van der Waals surface area contributed by atoms with E-state index in [1.165, 1.54) is 42.1 Å². The monoisotopic (exact) mass is 229 g/mol. The topological polar surface area (TPSA) is 3.24 Å². The maximum atomic E-state index is 2.50. The summed E-state index contributed by atoms with van der Waals surface area (Å²) in [5, 5.41) is 3.69. The molecule has 1 aromatic carbocycles. The summed E-state index contributed by atoms with van der Waals surface area (Å²) in [7, 11) is 0. The van der Waals surface area contributed by atoms with E-state index in [0.717, 1.165) is 0 Å². The van der Waals surface area contributed by atoms with E-state index in [1.807, 2.05) is 11.3 Å². The molecule has 0 atom stereocenters. The molecule has 0 unspecified atom stereocenters. The molecule has 0 radical (unpaired) electrons. The second-order valence-electron chi connectivity index (χ2n) is 4.23. The molecule has 0 bridgehead atoms. The van der Waals surface area contributed by atoms with E-state index >= 15 is 0 Å². The lowest BCUT2D eigenvalue weighted by molar-refractivity contribution is 0.949. The molecular weight excluding hydrogens is 214 g/mol. The lowest BCUT2D eigenvalue weighted by Gasteiger charge is -2.13. The minimum Gasteiger partial charge on any atom is -0.363 e. The summed E-state index contributed by atoms with van der Waals surface area (Å²) in [6, 6.07) is 12.9. The molecule has 1 aliphatic heterocycles. The van der Waals surface area contributed by atoms with E-state index in [-0.39, 0.29) is 0 Å². The summed E-state index contributed by atoms with van der Waals surface area (Å²) in [6.07, 6.45) is 2.69. The molecule has 1 aliphatic rings. The summed E-state index contributed by atoms with van der Waals surface area (Å²) in [5.41, 5.74) is 2.68. The second kappa shape index (κ2) is 4.30. The highest BCUT2D eigenvalue weighted by atomic mass is 32.1. The lowest BCUT2D eigenvalue weighted by atomic mass is 10.1. The van der Waals surface area contributed by atoms with Gasteiger partial charge in [0.1, 0.15) is 0 Å². The van der Waals surface area contributed by atoms with Crippen LogP contribution in [0.4, 0.5) is 5.00 Å². The molecule has 1 fully saturated rings. The minimum atomic E-state index is 1.23. The van der Waals surface area contributed by atoms with Crippen LogP contribution < -0.4 is 4.90 Å². The third kappa shape index (κ3) is 1.85. The SMILES string of the molecule is c1ccc(-c2csc(N3CCCC3)c2)cc1. The molecule has 82 valence electrons. The van der Waals surface area contributed by atoms with Crippen molar-refractivity contribution in [1.82, 2.24) is 0 Å². The average molecular weight is 229 g/mol. The minimum absolute atomic E-state index is 1.23. The van der Waals surface area contributed by atoms with Crippen molar-refractivity contribution in [2.45, 2.75) is 12.8 Å². The first-order valence-electron chi connectivity index (χ1n) is 5.82. The van der Waals surface area contributed by atoms with E-state index < -0.39 is 0 Å². The van der Waals surface area contributed by atoms with E-state index in [9.17, 15) is 0 Å². The first kappa shape index (κ1) is 9.91. The van der Waals surface area contributed by atoms with Gasteiger partial charge < -0.3 is 4.90 Å². The molecule has 0 aliphatic carbocycles. The van der Waals surface area contributed by atoms with Gasteiger partial charge in [0, 0.05) is 18.5 Å². The Kier molecular flexibility index (Phi) is 2.66. The number of thiophene rings is 1. The smallest absolute Gasteiger partial charge is 0.0914 e. The third-order valence-corrected chi connectivity index (χ3v) is 4.10. The predicted molar refractivity (Wildman–Crippen MR) is 71.2 cm³/mol. The van der Waals surface area contributed by atoms with Gasteiger partial charge in [0.2, 0.25) is 0 Å². The van der Waals surface area contributed by atoms with Crippen LogP contribution in [0.2, 0.25) is 0 Å². The zero-order chi connectivity index (χ0) is 10.8. The van der Waals surface area contributed by atoms with Crippen molar-refractivity contribution >= 4 is 16.3 Å². The van der Waals surface area contributed by atoms with Gasteiger partial charge in [0.05, 0.1) is 5.00 Å². The quantitative estimate of drug-likeness (QED) is 0.752. The highest BCUT2D eigenvalue weighted by Crippen LogP contribution is 2.33. The molecule has 1 nitrogen and oxygen atoms in total. The number of nitrogens with zero attached hydrogens (tertiary/aromatic N) is 1. The molecule has 2 aromatic rings. The van der Waals surface area contributed by atoms with E-state index in [0.29, 0.717) is 0 Å². The first-order valence-corrected chi connectivity index (χ1v) is 6.70. The summed E-state index contributed by atoms with van der Waals surface area (Å²) < 4.78 is 0. The average Bonchev–Trinajstić information content (AvgIpc) is 3.01. The van der Waals surface area contributed by atoms with Gasteiger partial charge in [-0.3, -0.25) is 0 Å². The molecule has 0 N–H and O–H groups in total. The van der Waals surface area contributed by atoms with E-state index in [1.54, 1.807) is 0 Å². The summed E-state index contributed by atoms with van der Waals surface area (Å²) in [4.78, 5) is 2.50. The molecule has 0 saturated carbocycles. The van der Waals surface area contributed by atoms with Gasteiger partial charge >= 0.3 is 0 Å². The molecular formula is C14H15NS. The van der Waals surface area contributed by atoms with Gasteiger partial charge in [-0.05, 0) is 30.0 Å². The molecule has 16 heavy (non-hydrogen) atoms. The van der Waals surface area contributed by atoms with Crippen molar-refractivity contribution < 1.29 is 0 Å². The first-order chi connectivity index (χ1) is 7.93. The second-order valence-corrected chi connectivity index (χ2v) is 5.12. The molecule has 2 heteroatoms. The fraction of sp³-hybridized carbons (Fsp3) is 0.286. The highest BCUT2D eigenvalue weighted by Gasteiger charge is 2.14. The van der Waals surface area contributed by atoms with Gasteiger partial charge in [0.15, 0.2) is 0 Å². The maximum Gasteiger partial charge on any atom is 0.0914 e. The molecule has 1 saturated heterocycles. The van der Waals surface area contributed by atoms with Crippen LogP contribution in [0.3, 0.4) is 0 Å². The third-order valence-electron chi connectivity index (χ3n) is 3.11. The Morgan fingerprint density at radius 3 is 2.44 bits per heavy atom. The van der Waals surface area contributed by atoms with Crippen LogP contribution in [0.15, 0.2) is 41.8 Å². The van der Waals surface area contributed by atoms with Crippen LogP contribution in [0.25, 0.3) is 11.1 Å². The number of anilines is 1. The van der Waals surface area contributed by atoms with Crippen LogP contribution in [-0.4, -0.2) is 13.1 Å². The largest absolute Gasteiger partial charge is 0.363 e. The molecule has 3 rings (SSSR count). The van der Waals surface area contributed by atoms with Gasteiger partial charge in [-0.2, -0.15) is 0 Å². The summed E-state index contributed by atoms with van der Waals surface area (Å²) in [5.74, 6) is 0. The van der Waals surface area contributed by atoms with Crippen LogP contribution in [-0.2, 0) is 0 Å². The van der Waals surface area contributed by atoms with E-state index in [4.69, 9.17) is 0 Å². The zero-order valence-corrected chi connectivity index (χ0v) is 10.0. The standard InChI is InChI=1S/C14H15NS/c1-2-6-12(7-3-1)13-10-14(16-11-13)15-8-4-5-9-15/h1-3,6-7,10-11H,4-5,8-9H2. The Labute approximate surface area is 100 Å². The number of rotatable bonds is 2. The van der Waals surface area contributed by atoms with Crippen LogP contribution in [0.1, 0.15) is 12.8 Å². The van der Waals surface area contributed by atoms with Gasteiger partial charge in [0.25, 0.3) is 0 Å². The molecule has 0 amide bonds. The van der Waals surface area contributed by atoms with Gasteiger partial charge in [-0.25, -0.2) is 0 Å². The van der Waals surface area contributed by atoms with Crippen molar-refractivity contribution in [2.24, 2.45) is 0 Å². The maximum absolute atomic E-state index is 2.50. The van der Waals surface area contributed by atoms with Crippen LogP contribution in [0, 0.1) is 0 Å².